The largest absolute Gasteiger partial charge is 0.496 e. The summed E-state index contributed by atoms with van der Waals surface area (Å²) in [6.07, 6.45) is 1.76. The van der Waals surface area contributed by atoms with Gasteiger partial charge in [0.2, 0.25) is 10.0 Å². The van der Waals surface area contributed by atoms with Crippen LogP contribution in [0.25, 0.3) is 5.82 Å². The highest BCUT2D eigenvalue weighted by Crippen LogP contribution is 2.26. The van der Waals surface area contributed by atoms with Crippen LogP contribution in [0.2, 0.25) is 0 Å². The molecule has 1 aliphatic rings. The lowest BCUT2D eigenvalue weighted by Gasteiger charge is -2.35. The Bertz CT molecular complexity index is 1250. The maximum atomic E-state index is 13.1. The molecule has 3 aromatic rings. The molecule has 4 rings (SSSR count). The van der Waals surface area contributed by atoms with Crippen LogP contribution >= 0.6 is 0 Å². The number of nitrogens with zero attached hydrogens (tertiary/aromatic N) is 6. The van der Waals surface area contributed by atoms with E-state index in [0.29, 0.717) is 37.8 Å². The minimum atomic E-state index is -3.57. The van der Waals surface area contributed by atoms with Gasteiger partial charge in [-0.25, -0.2) is 23.4 Å². The van der Waals surface area contributed by atoms with Crippen molar-refractivity contribution in [3.63, 3.8) is 0 Å². The first-order valence-corrected chi connectivity index (χ1v) is 11.9. The molecular weight excluding hydrogens is 428 g/mol. The highest BCUT2D eigenvalue weighted by Gasteiger charge is 2.29. The summed E-state index contributed by atoms with van der Waals surface area (Å²) in [6.45, 7) is 9.53. The zero-order valence-corrected chi connectivity index (χ0v) is 19.8. The van der Waals surface area contributed by atoms with E-state index >= 15 is 0 Å². The van der Waals surface area contributed by atoms with Gasteiger partial charge in [-0.15, -0.1) is 0 Å². The van der Waals surface area contributed by atoms with Gasteiger partial charge in [0.05, 0.1) is 17.7 Å². The van der Waals surface area contributed by atoms with E-state index in [1.807, 2.05) is 38.3 Å². The van der Waals surface area contributed by atoms with Crippen molar-refractivity contribution in [3.8, 4) is 11.6 Å². The standard InChI is InChI=1S/C22H28N6O3S/c1-15-12-19(6-7-20(15)31-5)32(29,30)27-10-8-26(9-11-27)21-13-22(25-18(4)24-21)28-14-23-16(2)17(28)3/h6-7,12-14H,8-11H2,1-5H3. The number of methoxy groups -OCH3 is 1. The second-order valence-corrected chi connectivity index (χ2v) is 9.88. The zero-order chi connectivity index (χ0) is 23.0. The first kappa shape index (κ1) is 22.2. The number of hydrogen-bond donors (Lipinski definition) is 0. The van der Waals surface area contributed by atoms with Gasteiger partial charge in [-0.05, 0) is 51.5 Å². The lowest BCUT2D eigenvalue weighted by Crippen LogP contribution is -2.49. The average molecular weight is 457 g/mol. The smallest absolute Gasteiger partial charge is 0.243 e. The number of benzene rings is 1. The van der Waals surface area contributed by atoms with Crippen molar-refractivity contribution in [2.24, 2.45) is 0 Å². The Labute approximate surface area is 188 Å². The summed E-state index contributed by atoms with van der Waals surface area (Å²) in [7, 11) is -2.00. The molecule has 1 aliphatic heterocycles. The van der Waals surface area contributed by atoms with Crippen molar-refractivity contribution in [1.82, 2.24) is 23.8 Å². The molecule has 2 aromatic heterocycles. The van der Waals surface area contributed by atoms with Gasteiger partial charge < -0.3 is 9.64 Å². The first-order valence-electron chi connectivity index (χ1n) is 10.5. The van der Waals surface area contributed by atoms with Crippen molar-refractivity contribution in [1.29, 1.82) is 0 Å². The second-order valence-electron chi connectivity index (χ2n) is 7.94. The molecular formula is C22H28N6O3S. The van der Waals surface area contributed by atoms with E-state index < -0.39 is 10.0 Å². The number of ether oxygens (including phenoxy) is 1. The van der Waals surface area contributed by atoms with Crippen molar-refractivity contribution in [3.05, 3.63) is 53.4 Å². The van der Waals surface area contributed by atoms with Crippen LogP contribution in [0.1, 0.15) is 22.8 Å². The number of hydrogen-bond acceptors (Lipinski definition) is 7. The third-order valence-corrected chi connectivity index (χ3v) is 7.77. The Morgan fingerprint density at radius 1 is 0.938 bits per heavy atom. The van der Waals surface area contributed by atoms with E-state index in [1.54, 1.807) is 31.6 Å². The molecule has 170 valence electrons. The molecule has 0 bridgehead atoms. The molecule has 1 fully saturated rings. The Kier molecular flexibility index (Phi) is 5.91. The molecule has 1 saturated heterocycles. The topological polar surface area (TPSA) is 93.5 Å². The highest BCUT2D eigenvalue weighted by molar-refractivity contribution is 7.89. The van der Waals surface area contributed by atoms with Gasteiger partial charge in [0.1, 0.15) is 29.5 Å². The van der Waals surface area contributed by atoms with Gasteiger partial charge in [-0.2, -0.15) is 4.31 Å². The second kappa shape index (κ2) is 8.51. The number of imidazole rings is 1. The normalized spacial score (nSPS) is 15.2. The predicted octanol–water partition coefficient (Wildman–Crippen LogP) is 2.42. The van der Waals surface area contributed by atoms with Crippen LogP contribution in [-0.4, -0.2) is 65.5 Å². The van der Waals surface area contributed by atoms with Gasteiger partial charge in [0.25, 0.3) is 0 Å². The molecule has 0 radical (unpaired) electrons. The maximum absolute atomic E-state index is 13.1. The monoisotopic (exact) mass is 456 g/mol. The Morgan fingerprint density at radius 2 is 1.62 bits per heavy atom. The summed E-state index contributed by atoms with van der Waals surface area (Å²) in [5.74, 6) is 2.88. The van der Waals surface area contributed by atoms with E-state index in [-0.39, 0.29) is 4.90 Å². The minimum absolute atomic E-state index is 0.287. The third kappa shape index (κ3) is 4.07. The van der Waals surface area contributed by atoms with Crippen LogP contribution in [0.5, 0.6) is 5.75 Å². The zero-order valence-electron chi connectivity index (χ0n) is 19.0. The van der Waals surface area contributed by atoms with Crippen LogP contribution in [0.4, 0.5) is 5.82 Å². The average Bonchev–Trinajstić information content (AvgIpc) is 3.11. The van der Waals surface area contributed by atoms with Gasteiger partial charge >= 0.3 is 0 Å². The quantitative estimate of drug-likeness (QED) is 0.582. The fourth-order valence-electron chi connectivity index (χ4n) is 3.87. The first-order chi connectivity index (χ1) is 15.2. The van der Waals surface area contributed by atoms with Crippen molar-refractivity contribution in [2.75, 3.05) is 38.2 Å². The van der Waals surface area contributed by atoms with E-state index in [0.717, 1.165) is 28.6 Å². The van der Waals surface area contributed by atoms with Crippen LogP contribution in [0.3, 0.4) is 0 Å². The van der Waals surface area contributed by atoms with Crippen LogP contribution in [-0.2, 0) is 10.0 Å². The van der Waals surface area contributed by atoms with Crippen molar-refractivity contribution >= 4 is 15.8 Å². The van der Waals surface area contributed by atoms with Crippen LogP contribution < -0.4 is 9.64 Å². The minimum Gasteiger partial charge on any atom is -0.496 e. The molecule has 3 heterocycles. The summed E-state index contributed by atoms with van der Waals surface area (Å²) in [5.41, 5.74) is 2.77. The van der Waals surface area contributed by atoms with Gasteiger partial charge in [0.15, 0.2) is 0 Å². The molecule has 9 nitrogen and oxygen atoms in total. The molecule has 32 heavy (non-hydrogen) atoms. The predicted molar refractivity (Wildman–Crippen MR) is 122 cm³/mol. The molecule has 0 aliphatic carbocycles. The van der Waals surface area contributed by atoms with Crippen molar-refractivity contribution in [2.45, 2.75) is 32.6 Å². The Morgan fingerprint density at radius 3 is 2.22 bits per heavy atom. The Hall–Kier alpha value is -2.98. The summed E-state index contributed by atoms with van der Waals surface area (Å²) >= 11 is 0. The summed E-state index contributed by atoms with van der Waals surface area (Å²) in [4.78, 5) is 15.9. The summed E-state index contributed by atoms with van der Waals surface area (Å²) in [6, 6.07) is 6.89. The molecule has 0 amide bonds. The third-order valence-electron chi connectivity index (χ3n) is 5.88. The van der Waals surface area contributed by atoms with Gasteiger partial charge in [0, 0.05) is 37.9 Å². The molecule has 0 spiro atoms. The van der Waals surface area contributed by atoms with E-state index in [2.05, 4.69) is 19.9 Å². The SMILES string of the molecule is COc1ccc(S(=O)(=O)N2CCN(c3cc(-n4cnc(C)c4C)nc(C)n3)CC2)cc1C. The van der Waals surface area contributed by atoms with E-state index in [9.17, 15) is 8.42 Å². The number of anilines is 1. The van der Waals surface area contributed by atoms with Crippen molar-refractivity contribution < 1.29 is 13.2 Å². The summed E-state index contributed by atoms with van der Waals surface area (Å²) in [5, 5.41) is 0. The highest BCUT2D eigenvalue weighted by atomic mass is 32.2. The van der Waals surface area contributed by atoms with Crippen LogP contribution in [0, 0.1) is 27.7 Å². The molecule has 0 atom stereocenters. The number of rotatable bonds is 5. The fraction of sp³-hybridized carbons (Fsp3) is 0.409. The van der Waals surface area contributed by atoms with Crippen LogP contribution in [0.15, 0.2) is 35.5 Å². The van der Waals surface area contributed by atoms with E-state index in [4.69, 9.17) is 4.74 Å². The Balaban J connectivity index is 1.53. The lowest BCUT2D eigenvalue weighted by molar-refractivity contribution is 0.383. The number of piperazine rings is 1. The number of sulfonamides is 1. The molecule has 0 N–H and O–H groups in total. The molecule has 0 unspecified atom stereocenters. The fourth-order valence-corrected chi connectivity index (χ4v) is 5.38. The van der Waals surface area contributed by atoms with E-state index in [1.165, 1.54) is 4.31 Å². The molecule has 10 heteroatoms. The lowest BCUT2D eigenvalue weighted by atomic mass is 10.2. The van der Waals surface area contributed by atoms with Gasteiger partial charge in [-0.3, -0.25) is 4.57 Å². The summed E-state index contributed by atoms with van der Waals surface area (Å²) < 4.78 is 35.0. The molecule has 1 aromatic carbocycles. The van der Waals surface area contributed by atoms with Gasteiger partial charge in [-0.1, -0.05) is 0 Å². The number of aromatic nitrogens is 4. The maximum Gasteiger partial charge on any atom is 0.243 e. The number of aryl methyl sites for hydroxylation is 3. The molecule has 0 saturated carbocycles.